The fraction of sp³-hybridized carbons (Fsp3) is 0.240. The van der Waals surface area contributed by atoms with Gasteiger partial charge in [0.1, 0.15) is 0 Å². The van der Waals surface area contributed by atoms with Crippen LogP contribution in [0, 0.1) is 6.92 Å². The third-order valence-electron chi connectivity index (χ3n) is 5.89. The Balaban J connectivity index is 1.46. The van der Waals surface area contributed by atoms with Gasteiger partial charge in [-0.2, -0.15) is 13.2 Å². The molecule has 1 heterocycles. The Bertz CT molecular complexity index is 1370. The molecule has 3 aromatic rings. The van der Waals surface area contributed by atoms with Gasteiger partial charge in [-0.15, -0.1) is 0 Å². The van der Waals surface area contributed by atoms with Crippen molar-refractivity contribution in [1.29, 1.82) is 0 Å². The van der Waals surface area contributed by atoms with Gasteiger partial charge in [0.05, 0.1) is 21.0 Å². The molecule has 1 saturated heterocycles. The van der Waals surface area contributed by atoms with Crippen molar-refractivity contribution >= 4 is 38.9 Å². The molecule has 1 amide bonds. The van der Waals surface area contributed by atoms with Gasteiger partial charge in [-0.3, -0.25) is 9.52 Å². The largest absolute Gasteiger partial charge is 0.416 e. The third kappa shape index (κ3) is 5.76. The van der Waals surface area contributed by atoms with Gasteiger partial charge in [-0.1, -0.05) is 35.4 Å². The number of piperazine rings is 1. The monoisotopic (exact) mass is 537 g/mol. The highest BCUT2D eigenvalue weighted by atomic mass is 35.5. The van der Waals surface area contributed by atoms with Crippen LogP contribution in [-0.4, -0.2) is 45.4 Å². The van der Waals surface area contributed by atoms with Crippen LogP contribution in [-0.2, 0) is 16.2 Å². The van der Waals surface area contributed by atoms with E-state index < -0.39 is 21.8 Å². The van der Waals surface area contributed by atoms with E-state index in [0.29, 0.717) is 18.8 Å². The highest BCUT2D eigenvalue weighted by Crippen LogP contribution is 2.32. The quantitative estimate of drug-likeness (QED) is 0.471. The lowest BCUT2D eigenvalue weighted by atomic mass is 10.1. The second-order valence-corrected chi connectivity index (χ2v) is 10.5. The average molecular weight is 538 g/mol. The number of sulfonamides is 1. The van der Waals surface area contributed by atoms with Gasteiger partial charge in [0.2, 0.25) is 0 Å². The van der Waals surface area contributed by atoms with Gasteiger partial charge < -0.3 is 9.80 Å². The highest BCUT2D eigenvalue weighted by Gasteiger charge is 2.31. The van der Waals surface area contributed by atoms with Gasteiger partial charge in [0.25, 0.3) is 15.9 Å². The normalized spacial score (nSPS) is 14.6. The minimum Gasteiger partial charge on any atom is -0.368 e. The molecule has 1 fully saturated rings. The van der Waals surface area contributed by atoms with Crippen molar-refractivity contribution in [1.82, 2.24) is 4.90 Å². The number of hydrogen-bond donors (Lipinski definition) is 1. The Hall–Kier alpha value is -3.24. The van der Waals surface area contributed by atoms with Gasteiger partial charge in [0, 0.05) is 37.6 Å². The number of aryl methyl sites for hydroxylation is 1. The number of amides is 1. The minimum absolute atomic E-state index is 0.0849. The van der Waals surface area contributed by atoms with E-state index in [-0.39, 0.29) is 40.2 Å². The summed E-state index contributed by atoms with van der Waals surface area (Å²) in [7, 11) is -3.87. The summed E-state index contributed by atoms with van der Waals surface area (Å²) in [5.41, 5.74) is 0.943. The molecule has 1 aliphatic heterocycles. The van der Waals surface area contributed by atoms with E-state index in [4.69, 9.17) is 11.6 Å². The Morgan fingerprint density at radius 3 is 2.25 bits per heavy atom. The zero-order valence-corrected chi connectivity index (χ0v) is 20.8. The van der Waals surface area contributed by atoms with Crippen LogP contribution in [0.4, 0.5) is 24.5 Å². The molecule has 190 valence electrons. The van der Waals surface area contributed by atoms with Crippen LogP contribution in [0.3, 0.4) is 0 Å². The van der Waals surface area contributed by atoms with Crippen molar-refractivity contribution in [2.75, 3.05) is 35.8 Å². The summed E-state index contributed by atoms with van der Waals surface area (Å²) in [5.74, 6) is -0.389. The van der Waals surface area contributed by atoms with E-state index in [2.05, 4.69) is 4.72 Å². The SMILES string of the molecule is Cc1ccc(S(=O)(=O)Nc2ccc(Cl)c(C(=O)N3CCN(c4cccc(C(F)(F)F)c4)CC3)c2)cc1. The van der Waals surface area contributed by atoms with Crippen LogP contribution in [0.1, 0.15) is 21.5 Å². The molecule has 0 unspecified atom stereocenters. The lowest BCUT2D eigenvalue weighted by molar-refractivity contribution is -0.137. The van der Waals surface area contributed by atoms with Crippen molar-refractivity contribution in [2.45, 2.75) is 18.0 Å². The third-order valence-corrected chi connectivity index (χ3v) is 7.61. The number of halogens is 4. The van der Waals surface area contributed by atoms with Gasteiger partial charge in [0.15, 0.2) is 0 Å². The molecule has 1 N–H and O–H groups in total. The minimum atomic E-state index is -4.43. The van der Waals surface area contributed by atoms with Crippen LogP contribution in [0.25, 0.3) is 0 Å². The average Bonchev–Trinajstić information content (AvgIpc) is 2.84. The Labute approximate surface area is 212 Å². The zero-order chi connectivity index (χ0) is 26.1. The summed E-state index contributed by atoms with van der Waals surface area (Å²) in [4.78, 5) is 16.6. The maximum absolute atomic E-state index is 13.2. The topological polar surface area (TPSA) is 69.7 Å². The molecule has 0 saturated carbocycles. The summed E-state index contributed by atoms with van der Waals surface area (Å²) in [6.07, 6.45) is -4.43. The first-order chi connectivity index (χ1) is 16.9. The fourth-order valence-electron chi connectivity index (χ4n) is 3.90. The second kappa shape index (κ2) is 10.0. The Morgan fingerprint density at radius 1 is 0.944 bits per heavy atom. The maximum atomic E-state index is 13.2. The van der Waals surface area contributed by atoms with E-state index in [9.17, 15) is 26.4 Å². The highest BCUT2D eigenvalue weighted by molar-refractivity contribution is 7.92. The fourth-order valence-corrected chi connectivity index (χ4v) is 5.15. The predicted molar refractivity (Wildman–Crippen MR) is 133 cm³/mol. The van der Waals surface area contributed by atoms with Crippen LogP contribution >= 0.6 is 11.6 Å². The molecular formula is C25H23ClF3N3O3S. The zero-order valence-electron chi connectivity index (χ0n) is 19.2. The summed E-state index contributed by atoms with van der Waals surface area (Å²) >= 11 is 6.26. The summed E-state index contributed by atoms with van der Waals surface area (Å²) in [6.45, 7) is 3.06. The number of hydrogen-bond acceptors (Lipinski definition) is 4. The first-order valence-electron chi connectivity index (χ1n) is 11.0. The lowest BCUT2D eigenvalue weighted by Gasteiger charge is -2.36. The maximum Gasteiger partial charge on any atom is 0.416 e. The van der Waals surface area contributed by atoms with Gasteiger partial charge in [-0.25, -0.2) is 8.42 Å². The molecule has 6 nitrogen and oxygen atoms in total. The van der Waals surface area contributed by atoms with Crippen LogP contribution in [0.15, 0.2) is 71.6 Å². The Morgan fingerprint density at radius 2 is 1.61 bits per heavy atom. The summed E-state index contributed by atoms with van der Waals surface area (Å²) < 4.78 is 67.1. The van der Waals surface area contributed by atoms with Crippen molar-refractivity contribution in [2.24, 2.45) is 0 Å². The molecule has 1 aliphatic rings. The van der Waals surface area contributed by atoms with E-state index in [1.807, 2.05) is 6.92 Å². The van der Waals surface area contributed by atoms with Gasteiger partial charge in [-0.05, 0) is 55.5 Å². The number of nitrogens with one attached hydrogen (secondary N) is 1. The molecule has 11 heteroatoms. The predicted octanol–water partition coefficient (Wildman–Crippen LogP) is 5.43. The number of rotatable bonds is 5. The molecular weight excluding hydrogens is 515 g/mol. The summed E-state index contributed by atoms with van der Waals surface area (Å²) in [5, 5.41) is 0.165. The number of alkyl halides is 3. The molecule has 0 aromatic heterocycles. The first kappa shape index (κ1) is 25.8. The number of carbonyl (C=O) groups excluding carboxylic acids is 1. The smallest absolute Gasteiger partial charge is 0.368 e. The van der Waals surface area contributed by atoms with Gasteiger partial charge >= 0.3 is 6.18 Å². The molecule has 0 spiro atoms. The molecule has 4 rings (SSSR count). The second-order valence-electron chi connectivity index (χ2n) is 8.44. The molecule has 3 aromatic carbocycles. The van der Waals surface area contributed by atoms with E-state index in [1.165, 1.54) is 36.4 Å². The first-order valence-corrected chi connectivity index (χ1v) is 12.9. The summed E-state index contributed by atoms with van der Waals surface area (Å²) in [6, 6.07) is 15.7. The number of benzene rings is 3. The molecule has 0 bridgehead atoms. The van der Waals surface area contributed by atoms with Crippen LogP contribution < -0.4 is 9.62 Å². The molecule has 0 radical (unpaired) electrons. The van der Waals surface area contributed by atoms with E-state index >= 15 is 0 Å². The van der Waals surface area contributed by atoms with Crippen molar-refractivity contribution < 1.29 is 26.4 Å². The number of carbonyl (C=O) groups is 1. The van der Waals surface area contributed by atoms with Crippen LogP contribution in [0.5, 0.6) is 0 Å². The number of anilines is 2. The molecule has 0 aliphatic carbocycles. The van der Waals surface area contributed by atoms with E-state index in [0.717, 1.165) is 17.7 Å². The van der Waals surface area contributed by atoms with Crippen molar-refractivity contribution in [3.05, 3.63) is 88.4 Å². The Kier molecular flexibility index (Phi) is 7.19. The van der Waals surface area contributed by atoms with Crippen molar-refractivity contribution in [3.8, 4) is 0 Å². The lowest BCUT2D eigenvalue weighted by Crippen LogP contribution is -2.48. The molecule has 0 atom stereocenters. The van der Waals surface area contributed by atoms with E-state index in [1.54, 1.807) is 28.0 Å². The number of nitrogens with zero attached hydrogens (tertiary/aromatic N) is 2. The van der Waals surface area contributed by atoms with Crippen molar-refractivity contribution in [3.63, 3.8) is 0 Å². The van der Waals surface area contributed by atoms with Crippen LogP contribution in [0.2, 0.25) is 5.02 Å². The molecule has 36 heavy (non-hydrogen) atoms. The standard InChI is InChI=1S/C25H23ClF3N3O3S/c1-17-5-8-21(9-6-17)36(34,35)30-19-7-10-23(26)22(16-19)24(33)32-13-11-31(12-14-32)20-4-2-3-18(15-20)25(27,28)29/h2-10,15-16,30H,11-14H2,1H3.